The fourth-order valence-corrected chi connectivity index (χ4v) is 3.77. The normalized spacial score (nSPS) is 14.6. The summed E-state index contributed by atoms with van der Waals surface area (Å²) in [6.07, 6.45) is 5.44. The average molecular weight is 407 g/mol. The first-order valence-corrected chi connectivity index (χ1v) is 11.2. The third-order valence-electron chi connectivity index (χ3n) is 4.60. The van der Waals surface area contributed by atoms with Crippen LogP contribution < -0.4 is 10.2 Å². The Bertz CT molecular complexity index is 775. The molecule has 8 nitrogen and oxygen atoms in total. The zero-order valence-corrected chi connectivity index (χ0v) is 17.6. The Morgan fingerprint density at radius 1 is 1.25 bits per heavy atom. The van der Waals surface area contributed by atoms with Gasteiger partial charge in [-0.3, -0.25) is 4.79 Å². The van der Waals surface area contributed by atoms with Crippen molar-refractivity contribution < 1.29 is 9.53 Å². The van der Waals surface area contributed by atoms with Crippen molar-refractivity contribution in [3.8, 4) is 0 Å². The van der Waals surface area contributed by atoms with Crippen LogP contribution in [-0.2, 0) is 16.1 Å². The summed E-state index contributed by atoms with van der Waals surface area (Å²) in [5, 5.41) is 9.24. The van der Waals surface area contributed by atoms with E-state index in [-0.39, 0.29) is 5.91 Å². The van der Waals surface area contributed by atoms with Gasteiger partial charge in [0.15, 0.2) is 10.8 Å². The van der Waals surface area contributed by atoms with Crippen LogP contribution in [0.15, 0.2) is 11.4 Å². The fraction of sp³-hybridized carbons (Fsp3) is 0.684. The van der Waals surface area contributed by atoms with Crippen LogP contribution in [0.2, 0.25) is 0 Å². The minimum atomic E-state index is 0.0983. The van der Waals surface area contributed by atoms with Gasteiger partial charge in [-0.1, -0.05) is 32.0 Å². The quantitative estimate of drug-likeness (QED) is 0.479. The van der Waals surface area contributed by atoms with Crippen LogP contribution in [0.4, 0.5) is 5.82 Å². The lowest BCUT2D eigenvalue weighted by Crippen LogP contribution is -2.37. The molecule has 0 bridgehead atoms. The molecule has 3 heterocycles. The maximum atomic E-state index is 11.8. The van der Waals surface area contributed by atoms with Crippen LogP contribution in [0, 0.1) is 0 Å². The van der Waals surface area contributed by atoms with Gasteiger partial charge in [0.25, 0.3) is 0 Å². The highest BCUT2D eigenvalue weighted by Gasteiger charge is 2.20. The summed E-state index contributed by atoms with van der Waals surface area (Å²) >= 11 is 1.67. The van der Waals surface area contributed by atoms with Crippen LogP contribution >= 0.6 is 11.8 Å². The van der Waals surface area contributed by atoms with E-state index in [0.717, 1.165) is 60.1 Å². The summed E-state index contributed by atoms with van der Waals surface area (Å²) in [6.45, 7) is 8.45. The molecule has 2 aromatic heterocycles. The van der Waals surface area contributed by atoms with Gasteiger partial charge in [0.2, 0.25) is 5.91 Å². The number of hydrogen-bond acceptors (Lipinski definition) is 7. The molecule has 28 heavy (non-hydrogen) atoms. The van der Waals surface area contributed by atoms with Gasteiger partial charge in [-0.15, -0.1) is 0 Å². The lowest BCUT2D eigenvalue weighted by Gasteiger charge is -2.28. The molecule has 1 fully saturated rings. The van der Waals surface area contributed by atoms with Crippen LogP contribution in [-0.4, -0.2) is 64.3 Å². The van der Waals surface area contributed by atoms with Crippen molar-refractivity contribution in [1.82, 2.24) is 25.1 Å². The molecule has 3 rings (SSSR count). The summed E-state index contributed by atoms with van der Waals surface area (Å²) in [4.78, 5) is 23.7. The van der Waals surface area contributed by atoms with Gasteiger partial charge < -0.3 is 15.0 Å². The Morgan fingerprint density at radius 3 is 2.82 bits per heavy atom. The number of morpholine rings is 1. The molecule has 1 amide bonds. The van der Waals surface area contributed by atoms with E-state index in [9.17, 15) is 4.79 Å². The van der Waals surface area contributed by atoms with E-state index in [4.69, 9.17) is 14.7 Å². The standard InChI is InChI=1S/C19H30N6O2S/c1-3-5-6-16(26)20-7-8-25-18-15(14-21-25)17(24-9-11-27-12-10-24)22-19(23-18)28-13-4-2/h14H,3-13H2,1-2H3,(H,20,26). The predicted molar refractivity (Wildman–Crippen MR) is 112 cm³/mol. The van der Waals surface area contributed by atoms with E-state index in [0.29, 0.717) is 32.7 Å². The molecule has 0 atom stereocenters. The molecule has 154 valence electrons. The van der Waals surface area contributed by atoms with Crippen LogP contribution in [0.1, 0.15) is 39.5 Å². The van der Waals surface area contributed by atoms with Crippen LogP contribution in [0.5, 0.6) is 0 Å². The van der Waals surface area contributed by atoms with Crippen molar-refractivity contribution in [3.63, 3.8) is 0 Å². The Balaban J connectivity index is 1.78. The number of unbranched alkanes of at least 4 members (excludes halogenated alkanes) is 1. The number of ether oxygens (including phenoxy) is 1. The summed E-state index contributed by atoms with van der Waals surface area (Å²) in [5.74, 6) is 2.02. The minimum absolute atomic E-state index is 0.0983. The van der Waals surface area contributed by atoms with Crippen molar-refractivity contribution in [1.29, 1.82) is 0 Å². The first kappa shape index (κ1) is 20.9. The number of hydrogen-bond donors (Lipinski definition) is 1. The van der Waals surface area contributed by atoms with Gasteiger partial charge in [-0.05, 0) is 12.8 Å². The molecule has 9 heteroatoms. The van der Waals surface area contributed by atoms with Gasteiger partial charge >= 0.3 is 0 Å². The van der Waals surface area contributed by atoms with Crippen LogP contribution in [0.25, 0.3) is 11.0 Å². The topological polar surface area (TPSA) is 85.2 Å². The third kappa shape index (κ3) is 5.35. The molecule has 1 N–H and O–H groups in total. The number of fused-ring (bicyclic) bond motifs is 1. The number of amides is 1. The zero-order chi connectivity index (χ0) is 19.8. The van der Waals surface area contributed by atoms with Gasteiger partial charge in [0.05, 0.1) is 31.3 Å². The highest BCUT2D eigenvalue weighted by atomic mass is 32.2. The van der Waals surface area contributed by atoms with Gasteiger partial charge in [-0.2, -0.15) is 5.10 Å². The lowest BCUT2D eigenvalue weighted by atomic mass is 10.2. The lowest BCUT2D eigenvalue weighted by molar-refractivity contribution is -0.121. The minimum Gasteiger partial charge on any atom is -0.378 e. The number of anilines is 1. The largest absolute Gasteiger partial charge is 0.378 e. The molecule has 2 aromatic rings. The first-order valence-electron chi connectivity index (χ1n) is 10.2. The van der Waals surface area contributed by atoms with Crippen LogP contribution in [0.3, 0.4) is 0 Å². The van der Waals surface area contributed by atoms with Crippen molar-refractivity contribution in [2.75, 3.05) is 43.5 Å². The third-order valence-corrected chi connectivity index (χ3v) is 5.66. The molecule has 1 aliphatic heterocycles. The monoisotopic (exact) mass is 406 g/mol. The molecular formula is C19H30N6O2S. The molecular weight excluding hydrogens is 376 g/mol. The Labute approximate surface area is 170 Å². The Hall–Kier alpha value is -1.87. The Kier molecular flexibility index (Phi) is 7.90. The summed E-state index contributed by atoms with van der Waals surface area (Å²) in [7, 11) is 0. The van der Waals surface area contributed by atoms with E-state index in [1.165, 1.54) is 0 Å². The van der Waals surface area contributed by atoms with Gasteiger partial charge in [0.1, 0.15) is 5.82 Å². The number of thioether (sulfide) groups is 1. The summed E-state index contributed by atoms with van der Waals surface area (Å²) in [6, 6.07) is 0. The number of aromatic nitrogens is 4. The number of carbonyl (C=O) groups excluding carboxylic acids is 1. The molecule has 1 aliphatic rings. The predicted octanol–water partition coefficient (Wildman–Crippen LogP) is 2.47. The molecule has 1 saturated heterocycles. The van der Waals surface area contributed by atoms with Gasteiger partial charge in [-0.25, -0.2) is 14.6 Å². The number of nitrogens with zero attached hydrogens (tertiary/aromatic N) is 5. The Morgan fingerprint density at radius 2 is 2.07 bits per heavy atom. The maximum Gasteiger partial charge on any atom is 0.220 e. The van der Waals surface area contributed by atoms with Crippen molar-refractivity contribution in [2.45, 2.75) is 51.2 Å². The average Bonchev–Trinajstić information content (AvgIpc) is 3.13. The second-order valence-corrected chi connectivity index (χ2v) is 7.90. The molecule has 0 aromatic carbocycles. The second-order valence-electron chi connectivity index (χ2n) is 6.84. The summed E-state index contributed by atoms with van der Waals surface area (Å²) in [5.41, 5.74) is 0.831. The fourth-order valence-electron chi connectivity index (χ4n) is 3.09. The van der Waals surface area contributed by atoms with Gasteiger partial charge in [0, 0.05) is 31.8 Å². The zero-order valence-electron chi connectivity index (χ0n) is 16.8. The van der Waals surface area contributed by atoms with E-state index in [2.05, 4.69) is 29.2 Å². The van der Waals surface area contributed by atoms with Crippen molar-refractivity contribution >= 4 is 34.5 Å². The number of nitrogens with one attached hydrogen (secondary N) is 1. The van der Waals surface area contributed by atoms with E-state index < -0.39 is 0 Å². The second kappa shape index (κ2) is 10.6. The number of rotatable bonds is 10. The van der Waals surface area contributed by atoms with E-state index in [1.54, 1.807) is 11.8 Å². The number of carbonyl (C=O) groups is 1. The highest BCUT2D eigenvalue weighted by molar-refractivity contribution is 7.99. The molecule has 0 saturated carbocycles. The molecule has 0 spiro atoms. The SMILES string of the molecule is CCCCC(=O)NCCn1ncc2c(N3CCOCC3)nc(SCCC)nc21. The van der Waals surface area contributed by atoms with E-state index >= 15 is 0 Å². The van der Waals surface area contributed by atoms with Crippen molar-refractivity contribution in [2.24, 2.45) is 0 Å². The maximum absolute atomic E-state index is 11.8. The van der Waals surface area contributed by atoms with Crippen molar-refractivity contribution in [3.05, 3.63) is 6.20 Å². The molecule has 0 radical (unpaired) electrons. The van der Waals surface area contributed by atoms with E-state index in [1.807, 2.05) is 10.9 Å². The highest BCUT2D eigenvalue weighted by Crippen LogP contribution is 2.28. The molecule has 0 unspecified atom stereocenters. The first-order chi connectivity index (χ1) is 13.7. The molecule has 0 aliphatic carbocycles. The smallest absolute Gasteiger partial charge is 0.220 e. The summed E-state index contributed by atoms with van der Waals surface area (Å²) < 4.78 is 7.36.